The zero-order chi connectivity index (χ0) is 16.4. The molecule has 3 aromatic rings. The topological polar surface area (TPSA) is 54.0 Å². The van der Waals surface area contributed by atoms with Gasteiger partial charge in [-0.15, -0.1) is 11.3 Å². The lowest BCUT2D eigenvalue weighted by atomic mass is 10.2. The fraction of sp³-hybridized carbons (Fsp3) is 0.0625. The highest BCUT2D eigenvalue weighted by Crippen LogP contribution is 2.36. The summed E-state index contributed by atoms with van der Waals surface area (Å²) in [5, 5.41) is 6.78. The van der Waals surface area contributed by atoms with Crippen molar-refractivity contribution < 1.29 is 4.79 Å². The number of hydrogen-bond acceptors (Lipinski definition) is 4. The minimum absolute atomic E-state index is 0.207. The van der Waals surface area contributed by atoms with Crippen LogP contribution in [0.15, 0.2) is 46.9 Å². The smallest absolute Gasteiger partial charge is 0.222 e. The summed E-state index contributed by atoms with van der Waals surface area (Å²) in [6, 6.07) is 13.8. The predicted molar refractivity (Wildman–Crippen MR) is 103 cm³/mol. The number of nitrogens with one attached hydrogen (secondary N) is 2. The maximum atomic E-state index is 11.1. The predicted octanol–water partition coefficient (Wildman–Crippen LogP) is 4.56. The number of carbonyl (C=O) groups excluding carboxylic acids is 1. The molecule has 1 heterocycles. The molecule has 0 aliphatic carbocycles. The minimum Gasteiger partial charge on any atom is -0.332 e. The first kappa shape index (κ1) is 16.0. The van der Waals surface area contributed by atoms with Crippen LogP contribution in [-0.4, -0.2) is 16.0 Å². The van der Waals surface area contributed by atoms with Gasteiger partial charge in [0.25, 0.3) is 0 Å². The monoisotopic (exact) mass is 405 g/mol. The van der Waals surface area contributed by atoms with Crippen LogP contribution in [0.5, 0.6) is 0 Å². The van der Waals surface area contributed by atoms with Gasteiger partial charge in [0.15, 0.2) is 5.11 Å². The molecule has 0 aliphatic rings. The zero-order valence-electron chi connectivity index (χ0n) is 12.1. The van der Waals surface area contributed by atoms with Crippen LogP contribution in [-0.2, 0) is 4.79 Å². The van der Waals surface area contributed by atoms with Crippen molar-refractivity contribution >= 4 is 66.4 Å². The van der Waals surface area contributed by atoms with Crippen LogP contribution in [0, 0.1) is 0 Å². The molecule has 0 saturated carbocycles. The van der Waals surface area contributed by atoms with Crippen LogP contribution in [0.4, 0.5) is 5.69 Å². The van der Waals surface area contributed by atoms with Crippen LogP contribution < -0.4 is 10.6 Å². The second-order valence-corrected chi connectivity index (χ2v) is 7.17. The lowest BCUT2D eigenvalue weighted by molar-refractivity contribution is -0.117. The Bertz CT molecular complexity index is 874. The molecule has 3 rings (SSSR count). The van der Waals surface area contributed by atoms with E-state index in [9.17, 15) is 4.79 Å². The van der Waals surface area contributed by atoms with Crippen molar-refractivity contribution in [3.05, 3.63) is 46.9 Å². The average Bonchev–Trinajstić information content (AvgIpc) is 2.92. The number of anilines is 1. The van der Waals surface area contributed by atoms with Gasteiger partial charge in [0, 0.05) is 17.0 Å². The van der Waals surface area contributed by atoms with Crippen molar-refractivity contribution in [2.75, 3.05) is 5.32 Å². The summed E-state index contributed by atoms with van der Waals surface area (Å²) in [6.07, 6.45) is 0. The normalized spacial score (nSPS) is 10.5. The Morgan fingerprint density at radius 1 is 1.26 bits per heavy atom. The highest BCUT2D eigenvalue weighted by atomic mass is 79.9. The van der Waals surface area contributed by atoms with E-state index in [1.54, 1.807) is 11.3 Å². The number of thiazole rings is 1. The van der Waals surface area contributed by atoms with E-state index in [1.165, 1.54) is 6.92 Å². The van der Waals surface area contributed by atoms with Gasteiger partial charge in [-0.25, -0.2) is 4.98 Å². The van der Waals surface area contributed by atoms with Gasteiger partial charge in [0.2, 0.25) is 5.91 Å². The molecule has 0 unspecified atom stereocenters. The van der Waals surface area contributed by atoms with Crippen molar-refractivity contribution in [1.82, 2.24) is 10.3 Å². The van der Waals surface area contributed by atoms with E-state index in [1.807, 2.05) is 42.5 Å². The highest BCUT2D eigenvalue weighted by molar-refractivity contribution is 9.10. The molecule has 116 valence electrons. The van der Waals surface area contributed by atoms with Crippen molar-refractivity contribution in [1.29, 1.82) is 0 Å². The van der Waals surface area contributed by atoms with Gasteiger partial charge in [0.05, 0.1) is 15.9 Å². The Hall–Kier alpha value is -1.83. The summed E-state index contributed by atoms with van der Waals surface area (Å²) in [7, 11) is 0. The Balaban J connectivity index is 2.01. The summed E-state index contributed by atoms with van der Waals surface area (Å²) >= 11 is 10.2. The zero-order valence-corrected chi connectivity index (χ0v) is 15.3. The van der Waals surface area contributed by atoms with E-state index >= 15 is 0 Å². The number of aromatic nitrogens is 1. The number of halogens is 1. The SMILES string of the molecule is CC(=O)NC(=S)Nc1ccc(Br)cc1-c1nc2ccccc2s1. The molecule has 0 bridgehead atoms. The third-order valence-electron chi connectivity index (χ3n) is 3.04. The van der Waals surface area contributed by atoms with Crippen LogP contribution in [0.25, 0.3) is 20.8 Å². The maximum absolute atomic E-state index is 11.1. The van der Waals surface area contributed by atoms with E-state index in [-0.39, 0.29) is 11.0 Å². The molecule has 2 N–H and O–H groups in total. The van der Waals surface area contributed by atoms with Crippen LogP contribution >= 0.6 is 39.5 Å². The van der Waals surface area contributed by atoms with Gasteiger partial charge < -0.3 is 10.6 Å². The lowest BCUT2D eigenvalue weighted by Gasteiger charge is -2.12. The first-order chi connectivity index (χ1) is 11.0. The number of hydrogen-bond donors (Lipinski definition) is 2. The maximum Gasteiger partial charge on any atom is 0.222 e. The van der Waals surface area contributed by atoms with E-state index in [0.717, 1.165) is 30.9 Å². The Morgan fingerprint density at radius 3 is 2.78 bits per heavy atom. The molecule has 7 heteroatoms. The fourth-order valence-electron chi connectivity index (χ4n) is 2.10. The van der Waals surface area contributed by atoms with E-state index in [2.05, 4.69) is 31.5 Å². The molecule has 0 fully saturated rings. The van der Waals surface area contributed by atoms with Gasteiger partial charge in [-0.2, -0.15) is 0 Å². The number of fused-ring (bicyclic) bond motifs is 1. The second kappa shape index (κ2) is 6.74. The molecular formula is C16H12BrN3OS2. The third-order valence-corrected chi connectivity index (χ3v) is 4.81. The Morgan fingerprint density at radius 2 is 2.04 bits per heavy atom. The van der Waals surface area contributed by atoms with Crippen molar-refractivity contribution in [3.8, 4) is 10.6 Å². The number of rotatable bonds is 2. The number of para-hydroxylation sites is 1. The first-order valence-corrected chi connectivity index (χ1v) is 8.79. The van der Waals surface area contributed by atoms with E-state index in [4.69, 9.17) is 12.2 Å². The van der Waals surface area contributed by atoms with Crippen LogP contribution in [0.3, 0.4) is 0 Å². The molecule has 0 atom stereocenters. The largest absolute Gasteiger partial charge is 0.332 e. The molecule has 0 spiro atoms. The summed E-state index contributed by atoms with van der Waals surface area (Å²) in [6.45, 7) is 1.42. The molecule has 2 aromatic carbocycles. The number of thiocarbonyl (C=S) groups is 1. The minimum atomic E-state index is -0.207. The molecular weight excluding hydrogens is 394 g/mol. The van der Waals surface area contributed by atoms with Gasteiger partial charge in [-0.05, 0) is 42.5 Å². The van der Waals surface area contributed by atoms with Crippen LogP contribution in [0.1, 0.15) is 6.92 Å². The van der Waals surface area contributed by atoms with Crippen molar-refractivity contribution in [2.45, 2.75) is 6.92 Å². The molecule has 0 radical (unpaired) electrons. The Kier molecular flexibility index (Phi) is 4.70. The first-order valence-electron chi connectivity index (χ1n) is 6.77. The van der Waals surface area contributed by atoms with Gasteiger partial charge in [-0.3, -0.25) is 4.79 Å². The standard InChI is InChI=1S/C16H12BrN3OS2/c1-9(21)18-16(22)20-12-7-6-10(17)8-11(12)15-19-13-4-2-3-5-14(13)23-15/h2-8H,1H3,(H2,18,20,21,22). The van der Waals surface area contributed by atoms with E-state index < -0.39 is 0 Å². The highest BCUT2D eigenvalue weighted by Gasteiger charge is 2.12. The number of benzene rings is 2. The van der Waals surface area contributed by atoms with Gasteiger partial charge in [-0.1, -0.05) is 28.1 Å². The number of amides is 1. The van der Waals surface area contributed by atoms with Gasteiger partial charge >= 0.3 is 0 Å². The van der Waals surface area contributed by atoms with Crippen molar-refractivity contribution in [3.63, 3.8) is 0 Å². The fourth-order valence-corrected chi connectivity index (χ4v) is 3.71. The van der Waals surface area contributed by atoms with Crippen LogP contribution in [0.2, 0.25) is 0 Å². The summed E-state index contributed by atoms with van der Waals surface area (Å²) in [5.74, 6) is -0.207. The molecule has 0 saturated heterocycles. The molecule has 1 aromatic heterocycles. The quantitative estimate of drug-likeness (QED) is 0.613. The Labute approximate surface area is 151 Å². The third kappa shape index (κ3) is 3.74. The summed E-state index contributed by atoms with van der Waals surface area (Å²) in [4.78, 5) is 15.8. The van der Waals surface area contributed by atoms with Gasteiger partial charge in [0.1, 0.15) is 5.01 Å². The molecule has 1 amide bonds. The molecule has 23 heavy (non-hydrogen) atoms. The summed E-state index contributed by atoms with van der Waals surface area (Å²) < 4.78 is 2.07. The van der Waals surface area contributed by atoms with E-state index in [0.29, 0.717) is 0 Å². The number of nitrogens with zero attached hydrogens (tertiary/aromatic N) is 1. The summed E-state index contributed by atoms with van der Waals surface area (Å²) in [5.41, 5.74) is 2.68. The molecule has 0 aliphatic heterocycles. The average molecular weight is 406 g/mol. The number of carbonyl (C=O) groups is 1. The molecule has 4 nitrogen and oxygen atoms in total. The second-order valence-electron chi connectivity index (χ2n) is 4.81. The lowest BCUT2D eigenvalue weighted by Crippen LogP contribution is -2.32. The van der Waals surface area contributed by atoms with Crippen molar-refractivity contribution in [2.24, 2.45) is 0 Å².